The number of phenols is 1. The van der Waals surface area contributed by atoms with Crippen LogP contribution in [0.2, 0.25) is 0 Å². The van der Waals surface area contributed by atoms with Gasteiger partial charge in [0.05, 0.1) is 5.41 Å². The van der Waals surface area contributed by atoms with E-state index in [1.54, 1.807) is 25.1 Å². The molecule has 1 N–H and O–H groups in total. The van der Waals surface area contributed by atoms with Crippen molar-refractivity contribution in [3.05, 3.63) is 65.8 Å². The van der Waals surface area contributed by atoms with Crippen LogP contribution in [0.25, 0.3) is 0 Å². The van der Waals surface area contributed by atoms with Crippen molar-refractivity contribution < 1.29 is 14.7 Å². The van der Waals surface area contributed by atoms with Gasteiger partial charge in [0.15, 0.2) is 11.6 Å². The SMILES string of the molecule is C=CC1=CC[C@H]2C(=O)C=C(C)C(=O)[C@@]2(C)[C@H]1c1ccc(O)cc1. The third-order valence-electron chi connectivity index (χ3n) is 5.26. The van der Waals surface area contributed by atoms with E-state index in [0.29, 0.717) is 12.0 Å². The van der Waals surface area contributed by atoms with Crippen LogP contribution in [0, 0.1) is 11.3 Å². The predicted octanol–water partition coefficient (Wildman–Crippen LogP) is 3.71. The summed E-state index contributed by atoms with van der Waals surface area (Å²) in [5.41, 5.74) is 1.58. The molecule has 0 radical (unpaired) electrons. The van der Waals surface area contributed by atoms with Gasteiger partial charge in [0.25, 0.3) is 0 Å². The van der Waals surface area contributed by atoms with Crippen molar-refractivity contribution in [3.8, 4) is 5.75 Å². The Morgan fingerprint density at radius 2 is 1.91 bits per heavy atom. The molecule has 118 valence electrons. The van der Waals surface area contributed by atoms with Gasteiger partial charge in [0.1, 0.15) is 5.75 Å². The summed E-state index contributed by atoms with van der Waals surface area (Å²) in [5.74, 6) is -0.362. The zero-order valence-electron chi connectivity index (χ0n) is 13.4. The van der Waals surface area contributed by atoms with Gasteiger partial charge in [-0.25, -0.2) is 0 Å². The normalized spacial score (nSPS) is 30.3. The molecular formula is C20H20O3. The first-order valence-electron chi connectivity index (χ1n) is 7.78. The van der Waals surface area contributed by atoms with Crippen LogP contribution in [-0.4, -0.2) is 16.7 Å². The molecule has 0 spiro atoms. The summed E-state index contributed by atoms with van der Waals surface area (Å²) in [7, 11) is 0. The lowest BCUT2D eigenvalue weighted by Crippen LogP contribution is -2.49. The molecule has 23 heavy (non-hydrogen) atoms. The van der Waals surface area contributed by atoms with E-state index in [-0.39, 0.29) is 29.2 Å². The van der Waals surface area contributed by atoms with Gasteiger partial charge in [0, 0.05) is 11.8 Å². The van der Waals surface area contributed by atoms with Gasteiger partial charge in [0.2, 0.25) is 0 Å². The zero-order chi connectivity index (χ0) is 16.8. The maximum atomic E-state index is 13.0. The Morgan fingerprint density at radius 3 is 2.52 bits per heavy atom. The van der Waals surface area contributed by atoms with Crippen molar-refractivity contribution in [3.63, 3.8) is 0 Å². The van der Waals surface area contributed by atoms with Crippen molar-refractivity contribution in [1.29, 1.82) is 0 Å². The molecule has 0 unspecified atom stereocenters. The van der Waals surface area contributed by atoms with Gasteiger partial charge in [-0.1, -0.05) is 37.8 Å². The molecule has 1 aromatic rings. The molecule has 3 rings (SSSR count). The highest BCUT2D eigenvalue weighted by atomic mass is 16.3. The maximum Gasteiger partial charge on any atom is 0.166 e. The molecule has 3 atom stereocenters. The van der Waals surface area contributed by atoms with Gasteiger partial charge in [-0.05, 0) is 48.3 Å². The van der Waals surface area contributed by atoms with E-state index in [2.05, 4.69) is 6.58 Å². The minimum absolute atomic E-state index is 0.0209. The number of rotatable bonds is 2. The maximum absolute atomic E-state index is 13.0. The van der Waals surface area contributed by atoms with Gasteiger partial charge < -0.3 is 5.11 Å². The number of benzene rings is 1. The van der Waals surface area contributed by atoms with E-state index in [0.717, 1.165) is 11.1 Å². The molecule has 2 aliphatic carbocycles. The smallest absolute Gasteiger partial charge is 0.166 e. The first-order valence-corrected chi connectivity index (χ1v) is 7.78. The average molecular weight is 308 g/mol. The van der Waals surface area contributed by atoms with E-state index in [1.807, 2.05) is 25.1 Å². The number of aromatic hydroxyl groups is 1. The Labute approximate surface area is 136 Å². The number of allylic oxidation sites excluding steroid dienone is 5. The van der Waals surface area contributed by atoms with Crippen molar-refractivity contribution in [2.75, 3.05) is 0 Å². The molecule has 0 heterocycles. The van der Waals surface area contributed by atoms with Gasteiger partial charge in [-0.2, -0.15) is 0 Å². The molecule has 3 heteroatoms. The monoisotopic (exact) mass is 308 g/mol. The van der Waals surface area contributed by atoms with Crippen molar-refractivity contribution in [2.24, 2.45) is 11.3 Å². The highest BCUT2D eigenvalue weighted by Gasteiger charge is 2.54. The summed E-state index contributed by atoms with van der Waals surface area (Å²) in [4.78, 5) is 25.5. The number of Topliss-reactive ketones (excluding diaryl/α,β-unsaturated/α-hetero) is 1. The molecule has 2 aliphatic rings. The molecule has 0 aromatic heterocycles. The fourth-order valence-corrected chi connectivity index (χ4v) is 4.08. The second-order valence-electron chi connectivity index (χ2n) is 6.56. The Morgan fingerprint density at radius 1 is 1.26 bits per heavy atom. The molecule has 0 saturated heterocycles. The summed E-state index contributed by atoms with van der Waals surface area (Å²) < 4.78 is 0. The summed E-state index contributed by atoms with van der Waals surface area (Å²) in [6.45, 7) is 7.48. The molecule has 0 bridgehead atoms. The van der Waals surface area contributed by atoms with Crippen molar-refractivity contribution >= 4 is 11.6 Å². The van der Waals surface area contributed by atoms with E-state index < -0.39 is 5.41 Å². The summed E-state index contributed by atoms with van der Waals surface area (Å²) in [6, 6.07) is 6.86. The molecule has 0 fully saturated rings. The summed E-state index contributed by atoms with van der Waals surface area (Å²) in [6.07, 6.45) is 5.82. The van der Waals surface area contributed by atoms with Crippen LogP contribution in [0.3, 0.4) is 0 Å². The first-order chi connectivity index (χ1) is 10.9. The summed E-state index contributed by atoms with van der Waals surface area (Å²) in [5, 5.41) is 9.55. The molecule has 0 aliphatic heterocycles. The van der Waals surface area contributed by atoms with Crippen LogP contribution >= 0.6 is 0 Å². The molecule has 0 saturated carbocycles. The highest BCUT2D eigenvalue weighted by molar-refractivity contribution is 6.13. The van der Waals surface area contributed by atoms with Crippen molar-refractivity contribution in [1.82, 2.24) is 0 Å². The van der Waals surface area contributed by atoms with E-state index in [4.69, 9.17) is 0 Å². The second kappa shape index (κ2) is 5.34. The number of ketones is 2. The number of hydrogen-bond acceptors (Lipinski definition) is 3. The molecular weight excluding hydrogens is 288 g/mol. The third kappa shape index (κ3) is 2.19. The van der Waals surface area contributed by atoms with E-state index in [1.165, 1.54) is 6.08 Å². The van der Waals surface area contributed by atoms with E-state index >= 15 is 0 Å². The average Bonchev–Trinajstić information content (AvgIpc) is 2.53. The first kappa shape index (κ1) is 15.5. The fraction of sp³-hybridized carbons (Fsp3) is 0.300. The predicted molar refractivity (Wildman–Crippen MR) is 89.1 cm³/mol. The van der Waals surface area contributed by atoms with Crippen LogP contribution in [0.15, 0.2) is 60.2 Å². The van der Waals surface area contributed by atoms with Crippen LogP contribution in [-0.2, 0) is 9.59 Å². The number of phenolic OH excluding ortho intramolecular Hbond substituents is 1. The minimum Gasteiger partial charge on any atom is -0.508 e. The van der Waals surface area contributed by atoms with Gasteiger partial charge >= 0.3 is 0 Å². The Hall–Kier alpha value is -2.42. The second-order valence-corrected chi connectivity index (χ2v) is 6.56. The topological polar surface area (TPSA) is 54.4 Å². The number of carbonyl (C=O) groups excluding carboxylic acids is 2. The minimum atomic E-state index is -0.814. The lowest BCUT2D eigenvalue weighted by Gasteiger charge is -2.47. The number of carbonyl (C=O) groups is 2. The zero-order valence-corrected chi connectivity index (χ0v) is 13.4. The van der Waals surface area contributed by atoms with E-state index in [9.17, 15) is 14.7 Å². The molecule has 0 amide bonds. The Bertz CT molecular complexity index is 752. The Balaban J connectivity index is 2.22. The fourth-order valence-electron chi connectivity index (χ4n) is 4.08. The van der Waals surface area contributed by atoms with Gasteiger partial charge in [-0.3, -0.25) is 9.59 Å². The lowest BCUT2D eigenvalue weighted by molar-refractivity contribution is -0.137. The highest BCUT2D eigenvalue weighted by Crippen LogP contribution is 2.54. The number of fused-ring (bicyclic) bond motifs is 1. The van der Waals surface area contributed by atoms with Gasteiger partial charge in [-0.15, -0.1) is 0 Å². The van der Waals surface area contributed by atoms with Crippen LogP contribution in [0.4, 0.5) is 0 Å². The quantitative estimate of drug-likeness (QED) is 0.906. The number of hydrogen-bond donors (Lipinski definition) is 1. The van der Waals surface area contributed by atoms with Crippen LogP contribution < -0.4 is 0 Å². The van der Waals surface area contributed by atoms with Crippen LogP contribution in [0.1, 0.15) is 31.7 Å². The molecule has 1 aromatic carbocycles. The lowest BCUT2D eigenvalue weighted by atomic mass is 9.53. The Kier molecular flexibility index (Phi) is 3.59. The largest absolute Gasteiger partial charge is 0.508 e. The third-order valence-corrected chi connectivity index (χ3v) is 5.26. The standard InChI is InChI=1S/C20H20O3/c1-4-13-7-10-16-17(22)11-12(2)19(23)20(16,3)18(13)14-5-8-15(21)9-6-14/h4-9,11,16,18,21H,1,10H2,2-3H3/t16-,18+,20+/m0/s1. The summed E-state index contributed by atoms with van der Waals surface area (Å²) >= 11 is 0. The molecule has 3 nitrogen and oxygen atoms in total. The van der Waals surface area contributed by atoms with Crippen molar-refractivity contribution in [2.45, 2.75) is 26.2 Å². The van der Waals surface area contributed by atoms with Crippen LogP contribution in [0.5, 0.6) is 5.75 Å².